The molecule has 28 heavy (non-hydrogen) atoms. The van der Waals surface area contributed by atoms with Gasteiger partial charge in [-0.25, -0.2) is 0 Å². The summed E-state index contributed by atoms with van der Waals surface area (Å²) in [5.41, 5.74) is 11.5. The Kier molecular flexibility index (Phi) is 3.59. The standard InChI is InChI=1S/C27H29N/c1-6-27(5)20-13-9-8-12-18(20)19-16-23-25(17-22(19)27)28(7-2)24-15-11-10-14-21(24)26(23,3)4/h8-17H,6-7H2,1-5H3. The van der Waals surface area contributed by atoms with E-state index in [-0.39, 0.29) is 10.8 Å². The first kappa shape index (κ1) is 17.6. The molecule has 142 valence electrons. The average molecular weight is 368 g/mol. The fourth-order valence-corrected chi connectivity index (χ4v) is 5.57. The predicted octanol–water partition coefficient (Wildman–Crippen LogP) is 7.18. The fraction of sp³-hybridized carbons (Fsp3) is 0.333. The lowest BCUT2D eigenvalue weighted by molar-refractivity contribution is 0.562. The van der Waals surface area contributed by atoms with Crippen LogP contribution in [0.5, 0.6) is 0 Å². The lowest BCUT2D eigenvalue weighted by atomic mass is 9.71. The molecule has 0 saturated carbocycles. The van der Waals surface area contributed by atoms with E-state index in [0.717, 1.165) is 13.0 Å². The molecule has 1 heteroatoms. The molecule has 2 aliphatic rings. The number of para-hydroxylation sites is 1. The Balaban J connectivity index is 1.85. The van der Waals surface area contributed by atoms with Gasteiger partial charge in [0, 0.05) is 28.7 Å². The number of anilines is 2. The highest BCUT2D eigenvalue weighted by molar-refractivity contribution is 5.87. The van der Waals surface area contributed by atoms with Gasteiger partial charge in [-0.3, -0.25) is 0 Å². The van der Waals surface area contributed by atoms with E-state index < -0.39 is 0 Å². The normalized spacial score (nSPS) is 21.0. The monoisotopic (exact) mass is 367 g/mol. The van der Waals surface area contributed by atoms with Crippen LogP contribution in [0.15, 0.2) is 60.7 Å². The molecule has 3 aromatic rings. The molecule has 1 aliphatic carbocycles. The van der Waals surface area contributed by atoms with Gasteiger partial charge < -0.3 is 4.90 Å². The van der Waals surface area contributed by atoms with Crippen molar-refractivity contribution in [2.24, 2.45) is 0 Å². The van der Waals surface area contributed by atoms with E-state index in [1.54, 1.807) is 0 Å². The maximum absolute atomic E-state index is 2.51. The summed E-state index contributed by atoms with van der Waals surface area (Å²) in [6.07, 6.45) is 1.11. The summed E-state index contributed by atoms with van der Waals surface area (Å²) >= 11 is 0. The van der Waals surface area contributed by atoms with E-state index in [9.17, 15) is 0 Å². The predicted molar refractivity (Wildman–Crippen MR) is 120 cm³/mol. The third kappa shape index (κ3) is 2.02. The number of rotatable bonds is 2. The fourth-order valence-electron chi connectivity index (χ4n) is 5.57. The molecule has 1 atom stereocenters. The van der Waals surface area contributed by atoms with Crippen LogP contribution >= 0.6 is 0 Å². The maximum Gasteiger partial charge on any atom is 0.0455 e. The summed E-state index contributed by atoms with van der Waals surface area (Å²) in [6.45, 7) is 12.7. The molecular weight excluding hydrogens is 338 g/mol. The quantitative estimate of drug-likeness (QED) is 0.463. The summed E-state index contributed by atoms with van der Waals surface area (Å²) < 4.78 is 0. The lowest BCUT2D eigenvalue weighted by Gasteiger charge is -2.42. The zero-order chi connectivity index (χ0) is 19.7. The second-order valence-electron chi connectivity index (χ2n) is 9.03. The number of benzene rings is 3. The molecule has 1 unspecified atom stereocenters. The topological polar surface area (TPSA) is 3.24 Å². The van der Waals surface area contributed by atoms with Crippen LogP contribution in [-0.2, 0) is 10.8 Å². The first-order valence-corrected chi connectivity index (χ1v) is 10.6. The molecule has 1 nitrogen and oxygen atoms in total. The van der Waals surface area contributed by atoms with Crippen LogP contribution in [0.25, 0.3) is 11.1 Å². The number of hydrogen-bond donors (Lipinski definition) is 0. The molecule has 0 radical (unpaired) electrons. The lowest BCUT2D eigenvalue weighted by Crippen LogP contribution is -2.33. The smallest absolute Gasteiger partial charge is 0.0455 e. The molecule has 1 heterocycles. The van der Waals surface area contributed by atoms with Crippen molar-refractivity contribution >= 4 is 11.4 Å². The van der Waals surface area contributed by atoms with Gasteiger partial charge in [0.05, 0.1) is 0 Å². The Bertz CT molecular complexity index is 1090. The maximum atomic E-state index is 2.51. The van der Waals surface area contributed by atoms with Crippen molar-refractivity contribution in [2.75, 3.05) is 11.4 Å². The van der Waals surface area contributed by atoms with E-state index >= 15 is 0 Å². The summed E-state index contributed by atoms with van der Waals surface area (Å²) in [5.74, 6) is 0. The van der Waals surface area contributed by atoms with E-state index in [1.165, 1.54) is 44.8 Å². The van der Waals surface area contributed by atoms with Crippen LogP contribution in [-0.4, -0.2) is 6.54 Å². The van der Waals surface area contributed by atoms with Crippen molar-refractivity contribution in [3.63, 3.8) is 0 Å². The van der Waals surface area contributed by atoms with Gasteiger partial charge in [-0.05, 0) is 64.9 Å². The van der Waals surface area contributed by atoms with Crippen molar-refractivity contribution in [1.82, 2.24) is 0 Å². The highest BCUT2D eigenvalue weighted by Crippen LogP contribution is 2.56. The Hall–Kier alpha value is -2.54. The molecule has 0 N–H and O–H groups in total. The van der Waals surface area contributed by atoms with E-state index in [2.05, 4.69) is 100 Å². The minimum atomic E-state index is -0.00717. The van der Waals surface area contributed by atoms with E-state index in [0.29, 0.717) is 0 Å². The van der Waals surface area contributed by atoms with E-state index in [4.69, 9.17) is 0 Å². The molecule has 1 aliphatic heterocycles. The van der Waals surface area contributed by atoms with Gasteiger partial charge in [0.2, 0.25) is 0 Å². The zero-order valence-corrected chi connectivity index (χ0v) is 17.6. The van der Waals surface area contributed by atoms with E-state index in [1.807, 2.05) is 0 Å². The minimum absolute atomic E-state index is 0.00717. The molecule has 0 spiro atoms. The summed E-state index contributed by atoms with van der Waals surface area (Å²) in [4.78, 5) is 2.51. The Labute approximate surface area is 169 Å². The summed E-state index contributed by atoms with van der Waals surface area (Å²) in [5, 5.41) is 0. The summed E-state index contributed by atoms with van der Waals surface area (Å²) in [6, 6.07) is 23.0. The number of hydrogen-bond acceptors (Lipinski definition) is 1. The van der Waals surface area contributed by atoms with Crippen LogP contribution in [0.4, 0.5) is 11.4 Å². The Morgan fingerprint density at radius 3 is 2.07 bits per heavy atom. The van der Waals surface area contributed by atoms with Crippen LogP contribution in [0.1, 0.15) is 63.3 Å². The first-order chi connectivity index (χ1) is 13.4. The molecule has 0 bridgehead atoms. The van der Waals surface area contributed by atoms with Gasteiger partial charge in [-0.2, -0.15) is 0 Å². The molecule has 0 aromatic heterocycles. The third-order valence-corrected chi connectivity index (χ3v) is 7.40. The van der Waals surface area contributed by atoms with Crippen LogP contribution in [0, 0.1) is 0 Å². The first-order valence-electron chi connectivity index (χ1n) is 10.6. The molecular formula is C27H29N. The summed E-state index contributed by atoms with van der Waals surface area (Å²) in [7, 11) is 0. The molecule has 3 aromatic carbocycles. The average Bonchev–Trinajstić information content (AvgIpc) is 2.97. The van der Waals surface area contributed by atoms with Gasteiger partial charge in [-0.1, -0.05) is 70.2 Å². The van der Waals surface area contributed by atoms with Gasteiger partial charge in [0.25, 0.3) is 0 Å². The molecule has 0 amide bonds. The highest BCUT2D eigenvalue weighted by Gasteiger charge is 2.42. The van der Waals surface area contributed by atoms with Crippen LogP contribution in [0.2, 0.25) is 0 Å². The van der Waals surface area contributed by atoms with Gasteiger partial charge in [0.1, 0.15) is 0 Å². The molecule has 0 saturated heterocycles. The van der Waals surface area contributed by atoms with Gasteiger partial charge >= 0.3 is 0 Å². The van der Waals surface area contributed by atoms with Crippen LogP contribution in [0.3, 0.4) is 0 Å². The number of nitrogens with zero attached hydrogens (tertiary/aromatic N) is 1. The SMILES string of the molecule is CCN1c2ccccc2C(C)(C)c2cc3c(cc21)C(C)(CC)c1ccccc1-3. The van der Waals surface area contributed by atoms with Crippen molar-refractivity contribution in [3.05, 3.63) is 82.9 Å². The highest BCUT2D eigenvalue weighted by atomic mass is 15.1. The van der Waals surface area contributed by atoms with Gasteiger partial charge in [0.15, 0.2) is 0 Å². The number of fused-ring (bicyclic) bond motifs is 5. The molecule has 5 rings (SSSR count). The Morgan fingerprint density at radius 1 is 0.679 bits per heavy atom. The zero-order valence-electron chi connectivity index (χ0n) is 17.6. The van der Waals surface area contributed by atoms with Crippen molar-refractivity contribution in [3.8, 4) is 11.1 Å². The third-order valence-electron chi connectivity index (χ3n) is 7.40. The van der Waals surface area contributed by atoms with Crippen molar-refractivity contribution in [1.29, 1.82) is 0 Å². The largest absolute Gasteiger partial charge is 0.341 e. The molecule has 0 fully saturated rings. The Morgan fingerprint density at radius 2 is 1.36 bits per heavy atom. The second-order valence-corrected chi connectivity index (χ2v) is 9.03. The van der Waals surface area contributed by atoms with Crippen LogP contribution < -0.4 is 4.90 Å². The minimum Gasteiger partial charge on any atom is -0.341 e. The second kappa shape index (κ2) is 5.73. The van der Waals surface area contributed by atoms with Gasteiger partial charge in [-0.15, -0.1) is 0 Å². The van der Waals surface area contributed by atoms with Crippen molar-refractivity contribution < 1.29 is 0 Å². The van der Waals surface area contributed by atoms with Crippen molar-refractivity contribution in [2.45, 2.75) is 51.9 Å².